The molecule has 0 aliphatic carbocycles. The predicted octanol–water partition coefficient (Wildman–Crippen LogP) is 7.17. The van der Waals surface area contributed by atoms with Crippen molar-refractivity contribution in [2.75, 3.05) is 10.2 Å². The Kier molecular flexibility index (Phi) is 10.8. The number of nitrogens with one attached hydrogen (secondary N) is 6. The van der Waals surface area contributed by atoms with Crippen molar-refractivity contribution in [2.45, 2.75) is 13.1 Å². The predicted molar refractivity (Wildman–Crippen MR) is 183 cm³/mol. The lowest BCUT2D eigenvalue weighted by molar-refractivity contribution is 0.0971. The van der Waals surface area contributed by atoms with E-state index >= 15 is 0 Å². The summed E-state index contributed by atoms with van der Waals surface area (Å²) < 4.78 is 27.8. The van der Waals surface area contributed by atoms with Crippen molar-refractivity contribution in [3.8, 4) is 0 Å². The van der Waals surface area contributed by atoms with E-state index in [9.17, 15) is 18.7 Å². The fraction of sp³-hybridized carbons (Fsp3) is 0.0588. The van der Waals surface area contributed by atoms with Crippen LogP contribution in [0.15, 0.2) is 146 Å². The highest BCUT2D eigenvalue weighted by Crippen LogP contribution is 2.39. The van der Waals surface area contributed by atoms with E-state index in [2.05, 4.69) is 30.5 Å². The monoisotopic (exact) mass is 652 g/mol. The minimum Gasteiger partial charge on any atom is -0.308 e. The Bertz CT molecular complexity index is 1690. The van der Waals surface area contributed by atoms with E-state index < -0.39 is 27.0 Å². The zero-order valence-electron chi connectivity index (χ0n) is 24.8. The van der Waals surface area contributed by atoms with Crippen LogP contribution in [0.5, 0.6) is 0 Å². The van der Waals surface area contributed by atoms with Gasteiger partial charge in [0.1, 0.15) is 0 Å². The summed E-state index contributed by atoms with van der Waals surface area (Å²) in [6.45, 7) is 0.363. The Labute approximate surface area is 268 Å². The molecule has 0 radical (unpaired) electrons. The molecule has 0 saturated heterocycles. The summed E-state index contributed by atoms with van der Waals surface area (Å²) in [6, 6.07) is 42.5. The molecule has 0 aliphatic rings. The molecule has 2 amide bonds. The van der Waals surface area contributed by atoms with Gasteiger partial charge in [-0.1, -0.05) is 97.1 Å². The Hall–Kier alpha value is -4.98. The zero-order chi connectivity index (χ0) is 32.2. The number of rotatable bonds is 14. The Morgan fingerprint density at radius 3 is 1.07 bits per heavy atom. The molecule has 2 atom stereocenters. The molecule has 0 bridgehead atoms. The summed E-state index contributed by atoms with van der Waals surface area (Å²) in [6.07, 6.45) is 0. The van der Waals surface area contributed by atoms with Gasteiger partial charge in [-0.2, -0.15) is 0 Å². The molecule has 10 nitrogen and oxygen atoms in total. The minimum absolute atomic E-state index is 0.182. The number of para-hydroxylation sites is 2. The van der Waals surface area contributed by atoms with Gasteiger partial charge in [0.15, 0.2) is 0 Å². The molecule has 0 fully saturated rings. The van der Waals surface area contributed by atoms with Crippen molar-refractivity contribution in [3.63, 3.8) is 0 Å². The first kappa shape index (κ1) is 32.4. The molecule has 2 unspecified atom stereocenters. The van der Waals surface area contributed by atoms with Gasteiger partial charge in [0.05, 0.1) is 0 Å². The van der Waals surface area contributed by atoms with Gasteiger partial charge in [-0.15, -0.1) is 0 Å². The molecular weight excluding hydrogens is 618 g/mol. The lowest BCUT2D eigenvalue weighted by Crippen LogP contribution is -2.32. The fourth-order valence-electron chi connectivity index (χ4n) is 4.38. The first-order valence-corrected chi connectivity index (χ1v) is 17.9. The Morgan fingerprint density at radius 1 is 0.435 bits per heavy atom. The molecule has 0 heterocycles. The van der Waals surface area contributed by atoms with E-state index in [1.807, 2.05) is 36.4 Å². The second-order valence-corrected chi connectivity index (χ2v) is 14.2. The van der Waals surface area contributed by atoms with Crippen LogP contribution >= 0.6 is 15.2 Å². The Balaban J connectivity index is 1.25. The molecule has 5 aromatic carbocycles. The highest BCUT2D eigenvalue weighted by molar-refractivity contribution is 7.62. The van der Waals surface area contributed by atoms with Gasteiger partial charge in [0, 0.05) is 35.6 Å². The second-order valence-electron chi connectivity index (χ2n) is 10.3. The van der Waals surface area contributed by atoms with Crippen molar-refractivity contribution < 1.29 is 18.7 Å². The van der Waals surface area contributed by atoms with Crippen molar-refractivity contribution in [2.24, 2.45) is 0 Å². The zero-order valence-corrected chi connectivity index (χ0v) is 26.6. The summed E-state index contributed by atoms with van der Waals surface area (Å²) in [7, 11) is -7.29. The largest absolute Gasteiger partial charge is 0.330 e. The standard InChI is InChI=1S/C34H34N6O4P2/c41-33(29-13-5-1-6-14-29)39-45(43,37-31-17-9-3-10-18-31)35-25-27-21-23-28(24-22-27)26-36-46(44,38-32-19-11-4-12-20-32)40-34(42)30-15-7-2-8-16-30/h1-24H,25-26H2,(H3,35,37,39,41,43)(H3,36,38,40,42,44). The van der Waals surface area contributed by atoms with Gasteiger partial charge in [0.25, 0.3) is 11.8 Å². The topological polar surface area (TPSA) is 140 Å². The molecule has 0 aromatic heterocycles. The van der Waals surface area contributed by atoms with Crippen molar-refractivity contribution in [3.05, 3.63) is 168 Å². The average Bonchev–Trinajstić information content (AvgIpc) is 3.08. The summed E-state index contributed by atoms with van der Waals surface area (Å²) in [5, 5.41) is 17.2. The van der Waals surface area contributed by atoms with E-state index in [4.69, 9.17) is 0 Å². The van der Waals surface area contributed by atoms with Crippen LogP contribution < -0.4 is 30.5 Å². The van der Waals surface area contributed by atoms with E-state index in [-0.39, 0.29) is 13.1 Å². The number of benzene rings is 5. The number of carbonyl (C=O) groups excluding carboxylic acids is 2. The maximum atomic E-state index is 13.9. The Morgan fingerprint density at radius 2 is 0.739 bits per heavy atom. The second kappa shape index (κ2) is 15.3. The highest BCUT2D eigenvalue weighted by Gasteiger charge is 2.26. The van der Waals surface area contributed by atoms with Gasteiger partial charge in [-0.3, -0.25) is 28.9 Å². The number of anilines is 2. The van der Waals surface area contributed by atoms with Gasteiger partial charge in [-0.05, 0) is 59.7 Å². The number of hydrogen-bond acceptors (Lipinski definition) is 4. The molecule has 5 rings (SSSR count). The van der Waals surface area contributed by atoms with E-state index in [0.717, 1.165) is 11.1 Å². The third-order valence-corrected chi connectivity index (χ3v) is 10.1. The maximum Gasteiger partial charge on any atom is 0.330 e. The lowest BCUT2D eigenvalue weighted by atomic mass is 10.1. The first-order valence-electron chi connectivity index (χ1n) is 14.5. The molecule has 5 aromatic rings. The van der Waals surface area contributed by atoms with Crippen LogP contribution in [0.4, 0.5) is 11.4 Å². The molecule has 0 aliphatic heterocycles. The fourth-order valence-corrected chi connectivity index (χ4v) is 7.47. The quantitative estimate of drug-likeness (QED) is 0.0695. The highest BCUT2D eigenvalue weighted by atomic mass is 31.2. The molecule has 6 N–H and O–H groups in total. The molecule has 0 spiro atoms. The van der Waals surface area contributed by atoms with Gasteiger partial charge in [-0.25, -0.2) is 10.2 Å². The lowest BCUT2D eigenvalue weighted by Gasteiger charge is -2.23. The molecule has 46 heavy (non-hydrogen) atoms. The molecular formula is C34H34N6O4P2. The van der Waals surface area contributed by atoms with E-state index in [0.29, 0.717) is 22.5 Å². The van der Waals surface area contributed by atoms with Crippen LogP contribution in [0, 0.1) is 0 Å². The van der Waals surface area contributed by atoms with Crippen LogP contribution in [-0.2, 0) is 22.2 Å². The molecule has 12 heteroatoms. The third kappa shape index (κ3) is 9.51. The van der Waals surface area contributed by atoms with Gasteiger partial charge < -0.3 is 10.2 Å². The van der Waals surface area contributed by atoms with Gasteiger partial charge in [0.2, 0.25) is 0 Å². The number of carbonyl (C=O) groups is 2. The molecule has 0 saturated carbocycles. The van der Waals surface area contributed by atoms with Crippen LogP contribution in [0.25, 0.3) is 0 Å². The van der Waals surface area contributed by atoms with Gasteiger partial charge >= 0.3 is 15.2 Å². The number of amides is 2. The summed E-state index contributed by atoms with van der Waals surface area (Å²) in [5.41, 5.74) is 3.54. The third-order valence-electron chi connectivity index (χ3n) is 6.75. The smallest absolute Gasteiger partial charge is 0.308 e. The van der Waals surface area contributed by atoms with Crippen molar-refractivity contribution in [1.29, 1.82) is 0 Å². The summed E-state index contributed by atoms with van der Waals surface area (Å²) in [4.78, 5) is 25.8. The van der Waals surface area contributed by atoms with Crippen LogP contribution in [-0.4, -0.2) is 11.8 Å². The normalized spacial score (nSPS) is 13.4. The summed E-state index contributed by atoms with van der Waals surface area (Å²) >= 11 is 0. The van der Waals surface area contributed by atoms with Crippen molar-refractivity contribution in [1.82, 2.24) is 20.3 Å². The molecule has 234 valence electrons. The maximum absolute atomic E-state index is 13.9. The van der Waals surface area contributed by atoms with E-state index in [1.54, 1.807) is 109 Å². The van der Waals surface area contributed by atoms with Crippen LogP contribution in [0.1, 0.15) is 31.8 Å². The average molecular weight is 653 g/mol. The first-order chi connectivity index (χ1) is 22.3. The van der Waals surface area contributed by atoms with Crippen LogP contribution in [0.2, 0.25) is 0 Å². The van der Waals surface area contributed by atoms with Crippen molar-refractivity contribution >= 4 is 38.4 Å². The summed E-state index contributed by atoms with van der Waals surface area (Å²) in [5.74, 6) is -0.955. The number of hydrogen-bond donors (Lipinski definition) is 6. The van der Waals surface area contributed by atoms with Crippen LogP contribution in [0.3, 0.4) is 0 Å². The van der Waals surface area contributed by atoms with E-state index in [1.165, 1.54) is 0 Å². The minimum atomic E-state index is -3.64. The SMILES string of the molecule is O=C(NP(=O)(NCc1ccc(CNP(=O)(NC(=O)c2ccccc2)Nc2ccccc2)cc1)Nc1ccccc1)c1ccccc1.